The smallest absolute Gasteiger partial charge is 0.232 e. The van der Waals surface area contributed by atoms with Gasteiger partial charge in [-0.3, -0.25) is 0 Å². The fourth-order valence-electron chi connectivity index (χ4n) is 2.18. The molecule has 0 atom stereocenters. The van der Waals surface area contributed by atoms with Gasteiger partial charge < -0.3 is 20.9 Å². The summed E-state index contributed by atoms with van der Waals surface area (Å²) in [5.74, 6) is 0.885. The molecule has 1 saturated heterocycles. The molecule has 7 nitrogen and oxygen atoms in total. The first-order chi connectivity index (χ1) is 10.2. The number of hydrogen-bond donors (Lipinski definition) is 2. The summed E-state index contributed by atoms with van der Waals surface area (Å²) >= 11 is 0. The van der Waals surface area contributed by atoms with Crippen molar-refractivity contribution in [3.05, 3.63) is 24.7 Å². The minimum absolute atomic E-state index is 0.141. The Morgan fingerprint density at radius 1 is 1.05 bits per heavy atom. The zero-order valence-corrected chi connectivity index (χ0v) is 11.5. The number of nitrogens with zero attached hydrogens (tertiary/aromatic N) is 3. The van der Waals surface area contributed by atoms with Gasteiger partial charge >= 0.3 is 0 Å². The Labute approximate surface area is 122 Å². The van der Waals surface area contributed by atoms with Crippen LogP contribution in [-0.2, 0) is 4.74 Å². The van der Waals surface area contributed by atoms with Gasteiger partial charge in [-0.2, -0.15) is 0 Å². The van der Waals surface area contributed by atoms with Crippen LogP contribution in [0.4, 0.5) is 11.5 Å². The van der Waals surface area contributed by atoms with Crippen molar-refractivity contribution in [1.29, 1.82) is 0 Å². The fourth-order valence-corrected chi connectivity index (χ4v) is 2.18. The van der Waals surface area contributed by atoms with Crippen LogP contribution in [0, 0.1) is 0 Å². The first kappa shape index (κ1) is 13.6. The predicted octanol–water partition coefficient (Wildman–Crippen LogP) is 1.26. The van der Waals surface area contributed by atoms with Gasteiger partial charge in [0, 0.05) is 36.4 Å². The lowest BCUT2D eigenvalue weighted by Crippen LogP contribution is -2.26. The lowest BCUT2D eigenvalue weighted by atomic mass is 10.1. The van der Waals surface area contributed by atoms with E-state index in [1.165, 1.54) is 0 Å². The Morgan fingerprint density at radius 2 is 1.86 bits per heavy atom. The van der Waals surface area contributed by atoms with Crippen LogP contribution >= 0.6 is 0 Å². The lowest BCUT2D eigenvalue weighted by Gasteiger charge is -2.22. The van der Waals surface area contributed by atoms with E-state index in [0.717, 1.165) is 26.1 Å². The minimum atomic E-state index is 0.141. The Hall–Kier alpha value is -2.41. The fraction of sp³-hybridized carbons (Fsp3) is 0.357. The summed E-state index contributed by atoms with van der Waals surface area (Å²) in [6.45, 7) is 1.45. The van der Waals surface area contributed by atoms with Crippen molar-refractivity contribution in [2.75, 3.05) is 24.7 Å². The first-order valence-corrected chi connectivity index (χ1v) is 6.80. The average Bonchev–Trinajstić information content (AvgIpc) is 2.49. The Bertz CT molecular complexity index is 611. The van der Waals surface area contributed by atoms with Crippen molar-refractivity contribution in [1.82, 2.24) is 15.0 Å². The van der Waals surface area contributed by atoms with Gasteiger partial charge in [0.1, 0.15) is 11.9 Å². The summed E-state index contributed by atoms with van der Waals surface area (Å²) in [5, 5.41) is 0. The molecule has 0 aromatic carbocycles. The molecule has 1 aliphatic heterocycles. The largest absolute Gasteiger partial charge is 0.473 e. The molecule has 0 saturated carbocycles. The highest BCUT2D eigenvalue weighted by Crippen LogP contribution is 2.25. The SMILES string of the molecule is Nc1cc(N)c(-c2cnc(OC3CCOCC3)cn2)cn1. The second-order valence-corrected chi connectivity index (χ2v) is 4.87. The van der Waals surface area contributed by atoms with Crippen LogP contribution in [0.25, 0.3) is 11.3 Å². The Balaban J connectivity index is 1.74. The molecule has 2 aromatic rings. The van der Waals surface area contributed by atoms with Crippen LogP contribution in [-0.4, -0.2) is 34.3 Å². The number of nitrogen functional groups attached to an aromatic ring is 2. The van der Waals surface area contributed by atoms with Crippen LogP contribution in [0.15, 0.2) is 24.7 Å². The summed E-state index contributed by atoms with van der Waals surface area (Å²) in [5.41, 5.74) is 13.3. The molecule has 0 radical (unpaired) electrons. The molecule has 1 fully saturated rings. The molecule has 0 unspecified atom stereocenters. The summed E-state index contributed by atoms with van der Waals surface area (Å²) in [4.78, 5) is 12.6. The van der Waals surface area contributed by atoms with Gasteiger partial charge in [-0.15, -0.1) is 0 Å². The third kappa shape index (κ3) is 3.19. The van der Waals surface area contributed by atoms with E-state index in [9.17, 15) is 0 Å². The Kier molecular flexibility index (Phi) is 3.83. The quantitative estimate of drug-likeness (QED) is 0.874. The monoisotopic (exact) mass is 287 g/mol. The van der Waals surface area contributed by atoms with Crippen molar-refractivity contribution in [2.45, 2.75) is 18.9 Å². The summed E-state index contributed by atoms with van der Waals surface area (Å²) in [6.07, 6.45) is 6.70. The van der Waals surface area contributed by atoms with E-state index >= 15 is 0 Å². The summed E-state index contributed by atoms with van der Waals surface area (Å²) in [7, 11) is 0. The van der Waals surface area contributed by atoms with Crippen molar-refractivity contribution in [2.24, 2.45) is 0 Å². The molecule has 3 rings (SSSR count). The van der Waals surface area contributed by atoms with Gasteiger partial charge in [0.2, 0.25) is 5.88 Å². The standard InChI is InChI=1S/C14H17N5O2/c15-11-5-13(16)18-6-10(11)12-7-19-14(8-17-12)21-9-1-3-20-4-2-9/h5-9H,1-4H2,(H4,15,16,18). The van der Waals surface area contributed by atoms with Crippen molar-refractivity contribution < 1.29 is 9.47 Å². The van der Waals surface area contributed by atoms with Gasteiger partial charge in [0.05, 0.1) is 31.3 Å². The molecule has 3 heterocycles. The van der Waals surface area contributed by atoms with E-state index in [4.69, 9.17) is 20.9 Å². The van der Waals surface area contributed by atoms with Crippen molar-refractivity contribution >= 4 is 11.5 Å². The number of hydrogen-bond acceptors (Lipinski definition) is 7. The highest BCUT2D eigenvalue weighted by atomic mass is 16.5. The molecule has 21 heavy (non-hydrogen) atoms. The van der Waals surface area contributed by atoms with E-state index in [2.05, 4.69) is 15.0 Å². The Morgan fingerprint density at radius 3 is 2.52 bits per heavy atom. The van der Waals surface area contributed by atoms with E-state index in [-0.39, 0.29) is 6.10 Å². The zero-order chi connectivity index (χ0) is 14.7. The van der Waals surface area contributed by atoms with Gasteiger partial charge in [0.15, 0.2) is 0 Å². The van der Waals surface area contributed by atoms with E-state index in [0.29, 0.717) is 28.6 Å². The molecule has 0 spiro atoms. The third-order valence-electron chi connectivity index (χ3n) is 3.32. The zero-order valence-electron chi connectivity index (χ0n) is 11.5. The average molecular weight is 287 g/mol. The van der Waals surface area contributed by atoms with Crippen LogP contribution in [0.1, 0.15) is 12.8 Å². The molecule has 110 valence electrons. The van der Waals surface area contributed by atoms with Gasteiger partial charge in [-0.05, 0) is 0 Å². The molecule has 1 aliphatic rings. The topological polar surface area (TPSA) is 109 Å². The number of anilines is 2. The first-order valence-electron chi connectivity index (χ1n) is 6.80. The predicted molar refractivity (Wildman–Crippen MR) is 78.6 cm³/mol. The highest BCUT2D eigenvalue weighted by Gasteiger charge is 2.16. The van der Waals surface area contributed by atoms with Gasteiger partial charge in [-0.25, -0.2) is 15.0 Å². The van der Waals surface area contributed by atoms with Crippen molar-refractivity contribution in [3.8, 4) is 17.1 Å². The van der Waals surface area contributed by atoms with E-state index in [1.54, 1.807) is 24.7 Å². The molecule has 0 aliphatic carbocycles. The maximum atomic E-state index is 5.91. The maximum Gasteiger partial charge on any atom is 0.232 e. The molecule has 4 N–H and O–H groups in total. The van der Waals surface area contributed by atoms with Crippen molar-refractivity contribution in [3.63, 3.8) is 0 Å². The molecular formula is C14H17N5O2. The highest BCUT2D eigenvalue weighted by molar-refractivity contribution is 5.74. The van der Waals surface area contributed by atoms with E-state index in [1.807, 2.05) is 0 Å². The summed E-state index contributed by atoms with van der Waals surface area (Å²) in [6, 6.07) is 1.60. The second-order valence-electron chi connectivity index (χ2n) is 4.87. The third-order valence-corrected chi connectivity index (χ3v) is 3.32. The molecular weight excluding hydrogens is 270 g/mol. The van der Waals surface area contributed by atoms with Crippen LogP contribution in [0.5, 0.6) is 5.88 Å². The van der Waals surface area contributed by atoms with E-state index < -0.39 is 0 Å². The van der Waals surface area contributed by atoms with Gasteiger partial charge in [0.25, 0.3) is 0 Å². The number of ether oxygens (including phenoxy) is 2. The van der Waals surface area contributed by atoms with Crippen LogP contribution in [0.3, 0.4) is 0 Å². The molecule has 2 aromatic heterocycles. The molecule has 7 heteroatoms. The maximum absolute atomic E-state index is 5.91. The van der Waals surface area contributed by atoms with Crippen LogP contribution in [0.2, 0.25) is 0 Å². The molecule has 0 amide bonds. The number of pyridine rings is 1. The lowest BCUT2D eigenvalue weighted by molar-refractivity contribution is 0.0236. The number of aromatic nitrogens is 3. The molecule has 0 bridgehead atoms. The number of nitrogens with two attached hydrogens (primary N) is 2. The van der Waals surface area contributed by atoms with Crippen LogP contribution < -0.4 is 16.2 Å². The number of rotatable bonds is 3. The normalized spacial score (nSPS) is 15.8. The minimum Gasteiger partial charge on any atom is -0.473 e. The van der Waals surface area contributed by atoms with Gasteiger partial charge in [-0.1, -0.05) is 0 Å². The second kappa shape index (κ2) is 5.92. The summed E-state index contributed by atoms with van der Waals surface area (Å²) < 4.78 is 11.1.